The number of aromatic amines is 1. The molecule has 0 saturated heterocycles. The summed E-state index contributed by atoms with van der Waals surface area (Å²) in [6, 6.07) is 13.8. The van der Waals surface area contributed by atoms with Crippen molar-refractivity contribution in [1.82, 2.24) is 34.4 Å². The number of imidazole rings is 1. The van der Waals surface area contributed by atoms with Crippen molar-refractivity contribution in [3.63, 3.8) is 0 Å². The molecule has 0 bridgehead atoms. The van der Waals surface area contributed by atoms with Gasteiger partial charge in [-0.1, -0.05) is 38.1 Å². The SMILES string of the molecule is CCN(CC)CCN(C)c1ccccc1-n1c(CNc2ncnc3nc[nH]c23)nc2cccc(C)c2c1=O. The van der Waals surface area contributed by atoms with Crippen molar-refractivity contribution in [3.8, 4) is 5.69 Å². The lowest BCUT2D eigenvalue weighted by atomic mass is 10.1. The van der Waals surface area contributed by atoms with Crippen molar-refractivity contribution in [2.24, 2.45) is 0 Å². The molecule has 0 spiro atoms. The molecule has 0 saturated carbocycles. The smallest absolute Gasteiger partial charge is 0.266 e. The van der Waals surface area contributed by atoms with Gasteiger partial charge in [0.2, 0.25) is 0 Å². The number of aromatic nitrogens is 6. The molecular formula is C28H33N9O. The molecule has 5 rings (SSSR count). The van der Waals surface area contributed by atoms with Crippen LogP contribution < -0.4 is 15.8 Å². The Morgan fingerprint density at radius 3 is 2.63 bits per heavy atom. The Kier molecular flexibility index (Phi) is 7.32. The Bertz CT molecular complexity index is 1620. The summed E-state index contributed by atoms with van der Waals surface area (Å²) in [6.45, 7) is 10.4. The third kappa shape index (κ3) is 4.82. The number of nitrogens with one attached hydrogen (secondary N) is 2. The molecule has 0 unspecified atom stereocenters. The quantitative estimate of drug-likeness (QED) is 0.292. The molecular weight excluding hydrogens is 478 g/mol. The average molecular weight is 512 g/mol. The van der Waals surface area contributed by atoms with Gasteiger partial charge in [0.15, 0.2) is 11.5 Å². The van der Waals surface area contributed by atoms with Crippen LogP contribution in [-0.2, 0) is 6.54 Å². The highest BCUT2D eigenvalue weighted by molar-refractivity contribution is 5.83. The summed E-state index contributed by atoms with van der Waals surface area (Å²) >= 11 is 0. The number of likely N-dealkylation sites (N-methyl/N-ethyl adjacent to an activating group) is 2. The lowest BCUT2D eigenvalue weighted by Crippen LogP contribution is -2.34. The van der Waals surface area contributed by atoms with Gasteiger partial charge >= 0.3 is 0 Å². The van der Waals surface area contributed by atoms with Gasteiger partial charge in [0.1, 0.15) is 17.7 Å². The lowest BCUT2D eigenvalue weighted by Gasteiger charge is -2.27. The molecule has 0 amide bonds. The van der Waals surface area contributed by atoms with Crippen LogP contribution in [-0.4, -0.2) is 67.6 Å². The minimum atomic E-state index is -0.0936. The van der Waals surface area contributed by atoms with E-state index in [0.29, 0.717) is 33.7 Å². The van der Waals surface area contributed by atoms with Gasteiger partial charge in [-0.05, 0) is 43.8 Å². The predicted octanol–water partition coefficient (Wildman–Crippen LogP) is 3.75. The summed E-state index contributed by atoms with van der Waals surface area (Å²) in [5.41, 5.74) is 4.51. The van der Waals surface area contributed by atoms with Crippen molar-refractivity contribution in [1.29, 1.82) is 0 Å². The first-order valence-electron chi connectivity index (χ1n) is 12.9. The molecule has 3 heterocycles. The van der Waals surface area contributed by atoms with Crippen LogP contribution >= 0.6 is 0 Å². The Labute approximate surface area is 221 Å². The molecule has 196 valence electrons. The van der Waals surface area contributed by atoms with E-state index in [9.17, 15) is 4.79 Å². The third-order valence-electron chi connectivity index (χ3n) is 6.99. The second kappa shape index (κ2) is 11.0. The summed E-state index contributed by atoms with van der Waals surface area (Å²) in [7, 11) is 2.07. The Morgan fingerprint density at radius 1 is 1.00 bits per heavy atom. The first-order valence-corrected chi connectivity index (χ1v) is 12.9. The van der Waals surface area contributed by atoms with E-state index < -0.39 is 0 Å². The standard InChI is InChI=1S/C28H33N9O/c1-5-36(6-2)15-14-35(4)21-12-7-8-13-22(21)37-23(34-20-11-9-10-19(3)24(20)28(37)38)16-29-26-25-27(31-17-30-25)33-18-32-26/h7-13,17-18H,5-6,14-16H2,1-4H3,(H2,29,30,31,32,33). The highest BCUT2D eigenvalue weighted by Crippen LogP contribution is 2.25. The molecule has 0 fully saturated rings. The molecule has 0 aliphatic heterocycles. The largest absolute Gasteiger partial charge is 0.372 e. The van der Waals surface area contributed by atoms with Gasteiger partial charge in [-0.15, -0.1) is 0 Å². The number of hydrogen-bond acceptors (Lipinski definition) is 8. The van der Waals surface area contributed by atoms with E-state index in [-0.39, 0.29) is 12.1 Å². The molecule has 38 heavy (non-hydrogen) atoms. The molecule has 3 aromatic heterocycles. The summed E-state index contributed by atoms with van der Waals surface area (Å²) in [4.78, 5) is 39.5. The van der Waals surface area contributed by atoms with E-state index in [1.165, 1.54) is 6.33 Å². The maximum Gasteiger partial charge on any atom is 0.266 e. The van der Waals surface area contributed by atoms with Crippen molar-refractivity contribution in [3.05, 3.63) is 76.9 Å². The van der Waals surface area contributed by atoms with Crippen LogP contribution in [0.2, 0.25) is 0 Å². The van der Waals surface area contributed by atoms with Crippen LogP contribution in [0.3, 0.4) is 0 Å². The van der Waals surface area contributed by atoms with Gasteiger partial charge in [0.05, 0.1) is 35.1 Å². The van der Waals surface area contributed by atoms with Crippen molar-refractivity contribution < 1.29 is 0 Å². The minimum absolute atomic E-state index is 0.0936. The van der Waals surface area contributed by atoms with Crippen molar-refractivity contribution in [2.45, 2.75) is 27.3 Å². The van der Waals surface area contributed by atoms with Crippen molar-refractivity contribution in [2.75, 3.05) is 43.4 Å². The second-order valence-electron chi connectivity index (χ2n) is 9.25. The molecule has 5 aromatic rings. The number of hydrogen-bond donors (Lipinski definition) is 2. The molecule has 2 aromatic carbocycles. The van der Waals surface area contributed by atoms with E-state index in [4.69, 9.17) is 4.98 Å². The topological polar surface area (TPSA) is 108 Å². The average Bonchev–Trinajstić information content (AvgIpc) is 3.42. The fourth-order valence-corrected chi connectivity index (χ4v) is 4.80. The molecule has 10 nitrogen and oxygen atoms in total. The second-order valence-corrected chi connectivity index (χ2v) is 9.25. The summed E-state index contributed by atoms with van der Waals surface area (Å²) in [5.74, 6) is 1.19. The summed E-state index contributed by atoms with van der Waals surface area (Å²) in [6.07, 6.45) is 3.05. The fourth-order valence-electron chi connectivity index (χ4n) is 4.80. The van der Waals surface area contributed by atoms with Gasteiger partial charge < -0.3 is 20.1 Å². The number of para-hydroxylation sites is 2. The Hall–Kier alpha value is -4.31. The first kappa shape index (κ1) is 25.3. The lowest BCUT2D eigenvalue weighted by molar-refractivity contribution is 0.311. The minimum Gasteiger partial charge on any atom is -0.372 e. The molecule has 10 heteroatoms. The number of benzene rings is 2. The zero-order valence-corrected chi connectivity index (χ0v) is 22.3. The van der Waals surface area contributed by atoms with Crippen LogP contribution in [0.25, 0.3) is 27.8 Å². The van der Waals surface area contributed by atoms with Gasteiger partial charge in [-0.2, -0.15) is 0 Å². The number of H-pyrrole nitrogens is 1. The molecule has 0 aliphatic carbocycles. The van der Waals surface area contributed by atoms with Crippen LogP contribution in [0.1, 0.15) is 25.2 Å². The van der Waals surface area contributed by atoms with E-state index in [1.807, 2.05) is 43.3 Å². The van der Waals surface area contributed by atoms with E-state index in [1.54, 1.807) is 10.9 Å². The van der Waals surface area contributed by atoms with E-state index >= 15 is 0 Å². The highest BCUT2D eigenvalue weighted by Gasteiger charge is 2.19. The van der Waals surface area contributed by atoms with Crippen LogP contribution in [0.4, 0.5) is 11.5 Å². The highest BCUT2D eigenvalue weighted by atomic mass is 16.1. The van der Waals surface area contributed by atoms with Gasteiger partial charge in [-0.25, -0.2) is 19.9 Å². The van der Waals surface area contributed by atoms with Gasteiger partial charge in [-0.3, -0.25) is 9.36 Å². The number of nitrogens with zero attached hydrogens (tertiary/aromatic N) is 7. The Morgan fingerprint density at radius 2 is 1.82 bits per heavy atom. The molecule has 0 radical (unpaired) electrons. The maximum absolute atomic E-state index is 14.1. The third-order valence-corrected chi connectivity index (χ3v) is 6.99. The number of aryl methyl sites for hydroxylation is 1. The zero-order valence-electron chi connectivity index (χ0n) is 22.3. The van der Waals surface area contributed by atoms with Crippen molar-refractivity contribution >= 4 is 33.6 Å². The molecule has 2 N–H and O–H groups in total. The first-order chi connectivity index (χ1) is 18.5. The predicted molar refractivity (Wildman–Crippen MR) is 152 cm³/mol. The van der Waals surface area contributed by atoms with Gasteiger partial charge in [0, 0.05) is 20.1 Å². The number of anilines is 2. The summed E-state index contributed by atoms with van der Waals surface area (Å²) in [5, 5.41) is 3.97. The van der Waals surface area contributed by atoms with Gasteiger partial charge in [0.25, 0.3) is 5.56 Å². The number of fused-ring (bicyclic) bond motifs is 2. The molecule has 0 atom stereocenters. The monoisotopic (exact) mass is 511 g/mol. The number of rotatable bonds is 10. The fraction of sp³-hybridized carbons (Fsp3) is 0.321. The zero-order chi connectivity index (χ0) is 26.6. The normalized spacial score (nSPS) is 11.5. The molecule has 0 aliphatic rings. The van der Waals surface area contributed by atoms with E-state index in [0.717, 1.165) is 43.1 Å². The maximum atomic E-state index is 14.1. The summed E-state index contributed by atoms with van der Waals surface area (Å²) < 4.78 is 1.73. The Balaban J connectivity index is 1.60. The van der Waals surface area contributed by atoms with Crippen LogP contribution in [0.15, 0.2) is 59.9 Å². The van der Waals surface area contributed by atoms with Crippen LogP contribution in [0, 0.1) is 6.92 Å². The van der Waals surface area contributed by atoms with E-state index in [2.05, 4.69) is 62.0 Å². The van der Waals surface area contributed by atoms with Crippen LogP contribution in [0.5, 0.6) is 0 Å².